The topological polar surface area (TPSA) is 104 Å². The average molecular weight is 526 g/mol. The third-order valence-electron chi connectivity index (χ3n) is 6.72. The fourth-order valence-electron chi connectivity index (χ4n) is 4.59. The lowest BCUT2D eigenvalue weighted by atomic mass is 10.1. The molecule has 1 aliphatic carbocycles. The van der Waals surface area contributed by atoms with E-state index in [1.165, 1.54) is 4.90 Å². The molecule has 1 atom stereocenters. The summed E-state index contributed by atoms with van der Waals surface area (Å²) in [5, 5.41) is 21.2. The van der Waals surface area contributed by atoms with Crippen LogP contribution in [-0.4, -0.2) is 67.7 Å². The molecular formula is C27H32ClN5O4. The molecular weight excluding hydrogens is 494 g/mol. The van der Waals surface area contributed by atoms with E-state index in [4.69, 9.17) is 21.3 Å². The number of carbonyl (C=O) groups excluding carboxylic acids is 1. The molecule has 0 bridgehead atoms. The van der Waals surface area contributed by atoms with Crippen LogP contribution >= 0.6 is 11.6 Å². The van der Waals surface area contributed by atoms with Crippen LogP contribution in [0, 0.1) is 5.92 Å². The summed E-state index contributed by atoms with van der Waals surface area (Å²) in [6, 6.07) is 11.0. The standard InChI is InChI=1S/C27H32ClN5O4/c1-17(2)33-24-22(26(35)31(27(33)36)13-4-14-34)32(15-18-8-10-20(28)11-9-18)23(30-24)21-5-3-12-29-25(21)37-16-19-6-7-19/h3,5,8-12,17,19,27,34,36H,4,6-7,13-16H2,1-2H3. The van der Waals surface area contributed by atoms with Crippen molar-refractivity contribution in [2.75, 3.05) is 24.7 Å². The number of pyridine rings is 1. The Labute approximate surface area is 221 Å². The van der Waals surface area contributed by atoms with Crippen LogP contribution in [-0.2, 0) is 6.54 Å². The van der Waals surface area contributed by atoms with Gasteiger partial charge in [0, 0.05) is 37.0 Å². The number of nitrogens with zero attached hydrogens (tertiary/aromatic N) is 5. The van der Waals surface area contributed by atoms with Crippen LogP contribution in [0.5, 0.6) is 5.88 Å². The fourth-order valence-corrected chi connectivity index (χ4v) is 4.72. The smallest absolute Gasteiger partial charge is 0.277 e. The number of halogens is 1. The van der Waals surface area contributed by atoms with Gasteiger partial charge < -0.3 is 24.4 Å². The highest BCUT2D eigenvalue weighted by molar-refractivity contribution is 6.30. The number of benzene rings is 1. The number of carbonyl (C=O) groups is 1. The summed E-state index contributed by atoms with van der Waals surface area (Å²) in [4.78, 5) is 26.4. The molecule has 1 unspecified atom stereocenters. The maximum absolute atomic E-state index is 13.8. The second kappa shape index (κ2) is 10.7. The van der Waals surface area contributed by atoms with Crippen molar-refractivity contribution < 1.29 is 19.7 Å². The van der Waals surface area contributed by atoms with E-state index in [1.807, 2.05) is 54.8 Å². The molecule has 37 heavy (non-hydrogen) atoms. The fraction of sp³-hybridized carbons (Fsp3) is 0.444. The highest BCUT2D eigenvalue weighted by Crippen LogP contribution is 2.39. The van der Waals surface area contributed by atoms with E-state index in [0.717, 1.165) is 18.4 Å². The number of imidazole rings is 1. The van der Waals surface area contributed by atoms with E-state index in [1.54, 1.807) is 11.1 Å². The van der Waals surface area contributed by atoms with Crippen molar-refractivity contribution in [3.63, 3.8) is 0 Å². The zero-order chi connectivity index (χ0) is 26.1. The molecule has 3 heterocycles. The van der Waals surface area contributed by atoms with Crippen molar-refractivity contribution in [3.05, 3.63) is 58.9 Å². The van der Waals surface area contributed by atoms with Gasteiger partial charge in [-0.25, -0.2) is 9.97 Å². The lowest BCUT2D eigenvalue weighted by molar-refractivity contribution is -0.00459. The summed E-state index contributed by atoms with van der Waals surface area (Å²) in [6.07, 6.45) is 3.15. The Morgan fingerprint density at radius 3 is 2.62 bits per heavy atom. The Kier molecular flexibility index (Phi) is 7.37. The zero-order valence-electron chi connectivity index (χ0n) is 21.0. The maximum atomic E-state index is 13.8. The van der Waals surface area contributed by atoms with Crippen molar-refractivity contribution >= 4 is 23.3 Å². The first-order chi connectivity index (χ1) is 17.9. The number of fused-ring (bicyclic) bond motifs is 1. The second-order valence-electron chi connectivity index (χ2n) is 9.85. The summed E-state index contributed by atoms with van der Waals surface area (Å²) in [6.45, 7) is 4.96. The molecule has 1 aliphatic heterocycles. The van der Waals surface area contributed by atoms with Crippen LogP contribution < -0.4 is 9.64 Å². The molecule has 2 N–H and O–H groups in total. The number of hydrogen-bond donors (Lipinski definition) is 2. The Balaban J connectivity index is 1.67. The summed E-state index contributed by atoms with van der Waals surface area (Å²) in [5.74, 6) is 1.62. The number of rotatable bonds is 10. The van der Waals surface area contributed by atoms with Gasteiger partial charge in [-0.05, 0) is 68.9 Å². The first-order valence-electron chi connectivity index (χ1n) is 12.7. The van der Waals surface area contributed by atoms with Crippen molar-refractivity contribution in [2.45, 2.75) is 52.0 Å². The average Bonchev–Trinajstić information content (AvgIpc) is 3.64. The van der Waals surface area contributed by atoms with Gasteiger partial charge in [0.1, 0.15) is 5.82 Å². The van der Waals surface area contributed by atoms with Gasteiger partial charge in [-0.2, -0.15) is 0 Å². The third-order valence-corrected chi connectivity index (χ3v) is 6.97. The van der Waals surface area contributed by atoms with E-state index in [0.29, 0.717) is 59.3 Å². The quantitative estimate of drug-likeness (QED) is 0.415. The summed E-state index contributed by atoms with van der Waals surface area (Å²) < 4.78 is 7.97. The van der Waals surface area contributed by atoms with Crippen LogP contribution in [0.25, 0.3) is 11.4 Å². The van der Waals surface area contributed by atoms with Gasteiger partial charge in [-0.15, -0.1) is 0 Å². The highest BCUT2D eigenvalue weighted by atomic mass is 35.5. The van der Waals surface area contributed by atoms with E-state index in [2.05, 4.69) is 4.98 Å². The summed E-state index contributed by atoms with van der Waals surface area (Å²) >= 11 is 6.12. The first kappa shape index (κ1) is 25.5. The Morgan fingerprint density at radius 1 is 1.19 bits per heavy atom. The van der Waals surface area contributed by atoms with E-state index in [-0.39, 0.29) is 25.1 Å². The van der Waals surface area contributed by atoms with Gasteiger partial charge in [-0.1, -0.05) is 23.7 Å². The van der Waals surface area contributed by atoms with Crippen LogP contribution in [0.1, 0.15) is 49.2 Å². The number of amides is 1. The number of aliphatic hydroxyl groups is 2. The predicted molar refractivity (Wildman–Crippen MR) is 141 cm³/mol. The minimum absolute atomic E-state index is 0.0856. The minimum Gasteiger partial charge on any atom is -0.477 e. The van der Waals surface area contributed by atoms with Crippen molar-refractivity contribution in [2.24, 2.45) is 5.92 Å². The molecule has 196 valence electrons. The molecule has 1 fully saturated rings. The minimum atomic E-state index is -1.20. The van der Waals surface area contributed by atoms with Gasteiger partial charge in [-0.3, -0.25) is 9.69 Å². The lowest BCUT2D eigenvalue weighted by Crippen LogP contribution is -2.58. The van der Waals surface area contributed by atoms with E-state index >= 15 is 0 Å². The third kappa shape index (κ3) is 5.16. The van der Waals surface area contributed by atoms with Crippen molar-refractivity contribution in [1.82, 2.24) is 19.4 Å². The molecule has 9 nitrogen and oxygen atoms in total. The summed E-state index contributed by atoms with van der Waals surface area (Å²) in [7, 11) is 0. The van der Waals surface area contributed by atoms with Crippen LogP contribution in [0.3, 0.4) is 0 Å². The van der Waals surface area contributed by atoms with Crippen LogP contribution in [0.15, 0.2) is 42.6 Å². The molecule has 2 aromatic heterocycles. The van der Waals surface area contributed by atoms with Crippen molar-refractivity contribution in [3.8, 4) is 17.3 Å². The first-order valence-corrected chi connectivity index (χ1v) is 13.1. The molecule has 2 aliphatic rings. The molecule has 5 rings (SSSR count). The molecule has 1 aromatic carbocycles. The Hall–Kier alpha value is -3.14. The molecule has 0 radical (unpaired) electrons. The molecule has 1 saturated carbocycles. The summed E-state index contributed by atoms with van der Waals surface area (Å²) in [5.41, 5.74) is 1.99. The number of aromatic nitrogens is 3. The Morgan fingerprint density at radius 2 is 1.95 bits per heavy atom. The lowest BCUT2D eigenvalue weighted by Gasteiger charge is -2.42. The van der Waals surface area contributed by atoms with Gasteiger partial charge in [0.2, 0.25) is 12.2 Å². The molecule has 10 heteroatoms. The largest absolute Gasteiger partial charge is 0.477 e. The SMILES string of the molecule is CC(C)N1c2nc(-c3cccnc3OCC3CC3)n(Cc3ccc(Cl)cc3)c2C(=O)N(CCCO)C1O. The van der Waals surface area contributed by atoms with Gasteiger partial charge in [0.05, 0.1) is 12.2 Å². The van der Waals surface area contributed by atoms with Gasteiger partial charge >= 0.3 is 0 Å². The van der Waals surface area contributed by atoms with E-state index < -0.39 is 6.35 Å². The normalized spacial score (nSPS) is 17.5. The van der Waals surface area contributed by atoms with E-state index in [9.17, 15) is 15.0 Å². The number of anilines is 1. The number of hydrogen-bond acceptors (Lipinski definition) is 7. The maximum Gasteiger partial charge on any atom is 0.277 e. The van der Waals surface area contributed by atoms with Gasteiger partial charge in [0.25, 0.3) is 5.91 Å². The second-order valence-corrected chi connectivity index (χ2v) is 10.3. The number of aliphatic hydroxyl groups excluding tert-OH is 2. The van der Waals surface area contributed by atoms with Crippen molar-refractivity contribution in [1.29, 1.82) is 0 Å². The zero-order valence-corrected chi connectivity index (χ0v) is 21.8. The predicted octanol–water partition coefficient (Wildman–Crippen LogP) is 3.76. The number of ether oxygens (including phenoxy) is 1. The molecule has 0 spiro atoms. The Bertz CT molecular complexity index is 1260. The molecule has 1 amide bonds. The molecule has 3 aromatic rings. The van der Waals surface area contributed by atoms with Crippen LogP contribution in [0.2, 0.25) is 5.02 Å². The highest BCUT2D eigenvalue weighted by Gasteiger charge is 2.42. The monoisotopic (exact) mass is 525 g/mol. The van der Waals surface area contributed by atoms with Crippen LogP contribution in [0.4, 0.5) is 5.82 Å². The molecule has 0 saturated heterocycles. The van der Waals surface area contributed by atoms with Gasteiger partial charge in [0.15, 0.2) is 11.5 Å².